The lowest BCUT2D eigenvalue weighted by Gasteiger charge is -2.12. The minimum atomic E-state index is -3.08. The molecule has 0 aromatic carbocycles. The standard InChI is InChI=1S/C11H17O7P/c1-5-19(13,16-4)17-7-6-8-9(14-2)10(15-3)11(12)18-8/h6H,5,7H2,1-4H3/b8-6+. The predicted octanol–water partition coefficient (Wildman–Crippen LogP) is 1.81. The van der Waals surface area contributed by atoms with E-state index in [-0.39, 0.29) is 30.0 Å². The van der Waals surface area contributed by atoms with Crippen LogP contribution in [0.1, 0.15) is 6.92 Å². The third-order valence-corrected chi connectivity index (χ3v) is 4.31. The lowest BCUT2D eigenvalue weighted by molar-refractivity contribution is -0.136. The first kappa shape index (κ1) is 15.8. The summed E-state index contributed by atoms with van der Waals surface area (Å²) in [7, 11) is 0.964. The number of carbonyl (C=O) groups excluding carboxylic acids is 1. The molecule has 108 valence electrons. The van der Waals surface area contributed by atoms with Crippen molar-refractivity contribution in [1.29, 1.82) is 0 Å². The van der Waals surface area contributed by atoms with Crippen molar-refractivity contribution in [1.82, 2.24) is 0 Å². The number of methoxy groups -OCH3 is 2. The van der Waals surface area contributed by atoms with Crippen molar-refractivity contribution in [3.05, 3.63) is 23.4 Å². The minimum Gasteiger partial charge on any atom is -0.490 e. The third kappa shape index (κ3) is 3.59. The molecule has 0 aromatic rings. The average Bonchev–Trinajstić information content (AvgIpc) is 2.73. The van der Waals surface area contributed by atoms with Crippen LogP contribution in [0.4, 0.5) is 0 Å². The molecule has 1 aliphatic heterocycles. The second kappa shape index (κ2) is 6.75. The smallest absolute Gasteiger partial charge is 0.383 e. The third-order valence-electron chi connectivity index (χ3n) is 2.43. The molecule has 19 heavy (non-hydrogen) atoms. The summed E-state index contributed by atoms with van der Waals surface area (Å²) in [5, 5.41) is 0. The first-order chi connectivity index (χ1) is 9.01. The Morgan fingerprint density at radius 1 is 1.21 bits per heavy atom. The van der Waals surface area contributed by atoms with E-state index in [2.05, 4.69) is 0 Å². The van der Waals surface area contributed by atoms with Crippen LogP contribution in [-0.4, -0.2) is 40.1 Å². The van der Waals surface area contributed by atoms with Gasteiger partial charge in [0.2, 0.25) is 5.76 Å². The lowest BCUT2D eigenvalue weighted by Crippen LogP contribution is -2.00. The van der Waals surface area contributed by atoms with Crippen molar-refractivity contribution in [2.45, 2.75) is 6.92 Å². The molecule has 0 radical (unpaired) electrons. The molecule has 1 rings (SSSR count). The Morgan fingerprint density at radius 2 is 1.84 bits per heavy atom. The molecular weight excluding hydrogens is 275 g/mol. The van der Waals surface area contributed by atoms with Crippen LogP contribution in [0, 0.1) is 0 Å². The number of hydrogen-bond acceptors (Lipinski definition) is 7. The van der Waals surface area contributed by atoms with Crippen LogP contribution in [0.25, 0.3) is 0 Å². The molecule has 1 heterocycles. The van der Waals surface area contributed by atoms with Gasteiger partial charge in [-0.2, -0.15) is 0 Å². The molecule has 0 bridgehead atoms. The molecule has 7 nitrogen and oxygen atoms in total. The van der Waals surface area contributed by atoms with Gasteiger partial charge < -0.3 is 23.3 Å². The number of hydrogen-bond donors (Lipinski definition) is 0. The topological polar surface area (TPSA) is 80.3 Å². The summed E-state index contributed by atoms with van der Waals surface area (Å²) in [6.45, 7) is 1.65. The predicted molar refractivity (Wildman–Crippen MR) is 66.3 cm³/mol. The summed E-state index contributed by atoms with van der Waals surface area (Å²) in [6.07, 6.45) is 1.69. The Hall–Kier alpha value is -1.30. The van der Waals surface area contributed by atoms with E-state index in [1.54, 1.807) is 6.92 Å². The molecule has 8 heteroatoms. The normalized spacial score (nSPS) is 20.4. The molecule has 0 spiro atoms. The molecular formula is C11H17O7P. The van der Waals surface area contributed by atoms with Gasteiger partial charge in [-0.3, -0.25) is 4.57 Å². The number of esters is 1. The summed E-state index contributed by atoms with van der Waals surface area (Å²) >= 11 is 0. The summed E-state index contributed by atoms with van der Waals surface area (Å²) in [5.41, 5.74) is 0. The summed E-state index contributed by atoms with van der Waals surface area (Å²) in [4.78, 5) is 11.4. The summed E-state index contributed by atoms with van der Waals surface area (Å²) < 4.78 is 36.6. The van der Waals surface area contributed by atoms with Crippen LogP contribution in [0.3, 0.4) is 0 Å². The Morgan fingerprint density at radius 3 is 2.32 bits per heavy atom. The van der Waals surface area contributed by atoms with E-state index in [9.17, 15) is 9.36 Å². The highest BCUT2D eigenvalue weighted by atomic mass is 31.2. The van der Waals surface area contributed by atoms with Crippen LogP contribution >= 0.6 is 7.60 Å². The molecule has 1 aliphatic rings. The molecule has 0 saturated heterocycles. The van der Waals surface area contributed by atoms with E-state index in [1.807, 2.05) is 0 Å². The lowest BCUT2D eigenvalue weighted by atomic mass is 10.3. The molecule has 0 N–H and O–H groups in total. The van der Waals surface area contributed by atoms with E-state index in [0.29, 0.717) is 0 Å². The van der Waals surface area contributed by atoms with Gasteiger partial charge in [-0.1, -0.05) is 6.92 Å². The van der Waals surface area contributed by atoms with Crippen molar-refractivity contribution in [3.8, 4) is 0 Å². The molecule has 0 saturated carbocycles. The molecule has 1 atom stereocenters. The Balaban J connectivity index is 2.77. The average molecular weight is 292 g/mol. The van der Waals surface area contributed by atoms with Gasteiger partial charge in [0.15, 0.2) is 5.76 Å². The van der Waals surface area contributed by atoms with Gasteiger partial charge in [0.25, 0.3) is 5.76 Å². The molecule has 0 aromatic heterocycles. The maximum atomic E-state index is 11.8. The highest BCUT2D eigenvalue weighted by molar-refractivity contribution is 7.53. The molecule has 1 unspecified atom stereocenters. The van der Waals surface area contributed by atoms with Crippen molar-refractivity contribution >= 4 is 13.6 Å². The van der Waals surface area contributed by atoms with E-state index >= 15 is 0 Å². The second-order valence-electron chi connectivity index (χ2n) is 3.43. The van der Waals surface area contributed by atoms with Gasteiger partial charge in [-0.25, -0.2) is 4.79 Å². The highest BCUT2D eigenvalue weighted by Gasteiger charge is 2.32. The summed E-state index contributed by atoms with van der Waals surface area (Å²) in [6, 6.07) is 0. The Bertz CT molecular complexity index is 444. The zero-order chi connectivity index (χ0) is 14.5. The van der Waals surface area contributed by atoms with Crippen LogP contribution in [0.5, 0.6) is 0 Å². The van der Waals surface area contributed by atoms with Gasteiger partial charge in [0.05, 0.1) is 20.8 Å². The van der Waals surface area contributed by atoms with E-state index in [0.717, 1.165) is 0 Å². The first-order valence-corrected chi connectivity index (χ1v) is 7.28. The van der Waals surface area contributed by atoms with Crippen LogP contribution in [0.15, 0.2) is 23.4 Å². The maximum Gasteiger partial charge on any atom is 0.383 e. The molecule has 0 fully saturated rings. The molecule has 0 amide bonds. The monoisotopic (exact) mass is 292 g/mol. The zero-order valence-electron chi connectivity index (χ0n) is 11.3. The van der Waals surface area contributed by atoms with Gasteiger partial charge in [-0.15, -0.1) is 0 Å². The number of rotatable bonds is 7. The Kier molecular flexibility index (Phi) is 5.60. The van der Waals surface area contributed by atoms with Gasteiger partial charge in [0, 0.05) is 13.3 Å². The minimum absolute atomic E-state index is 0.0147. The van der Waals surface area contributed by atoms with Crippen molar-refractivity contribution < 1.29 is 32.6 Å². The van der Waals surface area contributed by atoms with Crippen LogP contribution in [0.2, 0.25) is 0 Å². The fourth-order valence-corrected chi connectivity index (χ4v) is 2.25. The largest absolute Gasteiger partial charge is 0.490 e. The van der Waals surface area contributed by atoms with Crippen molar-refractivity contribution in [2.75, 3.05) is 34.1 Å². The SMILES string of the molecule is CCP(=O)(OC)OC/C=C1/OC(=O)C(OC)=C1OC. The van der Waals surface area contributed by atoms with E-state index in [4.69, 9.17) is 23.3 Å². The second-order valence-corrected chi connectivity index (χ2v) is 5.91. The summed E-state index contributed by atoms with van der Waals surface area (Å²) in [5.74, 6) is -0.307. The van der Waals surface area contributed by atoms with Gasteiger partial charge >= 0.3 is 13.6 Å². The van der Waals surface area contributed by atoms with Crippen molar-refractivity contribution in [2.24, 2.45) is 0 Å². The number of cyclic esters (lactones) is 1. The van der Waals surface area contributed by atoms with Gasteiger partial charge in [-0.05, 0) is 6.08 Å². The highest BCUT2D eigenvalue weighted by Crippen LogP contribution is 2.46. The first-order valence-electron chi connectivity index (χ1n) is 5.55. The Labute approximate surface area is 111 Å². The fraction of sp³-hybridized carbons (Fsp3) is 0.545. The quantitative estimate of drug-likeness (QED) is 0.523. The van der Waals surface area contributed by atoms with Crippen LogP contribution < -0.4 is 0 Å². The fourth-order valence-electron chi connectivity index (χ4n) is 1.40. The van der Waals surface area contributed by atoms with Crippen LogP contribution in [-0.2, 0) is 32.6 Å². The van der Waals surface area contributed by atoms with E-state index in [1.165, 1.54) is 27.4 Å². The number of ether oxygens (including phenoxy) is 3. The van der Waals surface area contributed by atoms with Crippen molar-refractivity contribution in [3.63, 3.8) is 0 Å². The van der Waals surface area contributed by atoms with E-state index < -0.39 is 13.6 Å². The molecule has 0 aliphatic carbocycles. The maximum absolute atomic E-state index is 11.8. The van der Waals surface area contributed by atoms with Gasteiger partial charge in [0.1, 0.15) is 0 Å². The number of carbonyl (C=O) groups is 1. The zero-order valence-corrected chi connectivity index (χ0v) is 12.2.